The predicted octanol–water partition coefficient (Wildman–Crippen LogP) is 2.00. The normalized spacial score (nSPS) is 15.2. The highest BCUT2D eigenvalue weighted by molar-refractivity contribution is 6.39. The molecule has 1 aliphatic carbocycles. The summed E-state index contributed by atoms with van der Waals surface area (Å²) in [6.45, 7) is 1.37. The molecule has 28 heavy (non-hydrogen) atoms. The number of carbonyl (C=O) groups is 3. The minimum Gasteiger partial charge on any atom is -0.383 e. The zero-order valence-corrected chi connectivity index (χ0v) is 15.6. The Balaban J connectivity index is 1.58. The number of anilines is 2. The molecule has 7 nitrogen and oxygen atoms in total. The van der Waals surface area contributed by atoms with E-state index < -0.39 is 17.4 Å². The highest BCUT2D eigenvalue weighted by atomic mass is 16.3. The van der Waals surface area contributed by atoms with Crippen LogP contribution in [-0.2, 0) is 20.0 Å². The van der Waals surface area contributed by atoms with Crippen LogP contribution in [-0.4, -0.2) is 29.4 Å². The molecule has 0 heterocycles. The molecular weight excluding hydrogens is 358 g/mol. The second-order valence-electron chi connectivity index (χ2n) is 6.96. The molecule has 0 bridgehead atoms. The lowest BCUT2D eigenvalue weighted by atomic mass is 9.88. The van der Waals surface area contributed by atoms with Gasteiger partial charge >= 0.3 is 11.8 Å². The molecule has 4 N–H and O–H groups in total. The Hall–Kier alpha value is -3.19. The zero-order valence-electron chi connectivity index (χ0n) is 15.6. The van der Waals surface area contributed by atoms with Crippen LogP contribution < -0.4 is 16.0 Å². The average Bonchev–Trinajstić information content (AvgIpc) is 3.53. The third-order valence-corrected chi connectivity index (χ3v) is 4.71. The van der Waals surface area contributed by atoms with Gasteiger partial charge in [0.1, 0.15) is 5.60 Å². The average molecular weight is 381 g/mol. The number of rotatable bonds is 6. The van der Waals surface area contributed by atoms with Crippen LogP contribution in [0.3, 0.4) is 0 Å². The van der Waals surface area contributed by atoms with E-state index in [1.54, 1.807) is 24.3 Å². The summed E-state index contributed by atoms with van der Waals surface area (Å²) in [5, 5.41) is 18.7. The zero-order chi connectivity index (χ0) is 20.1. The summed E-state index contributed by atoms with van der Waals surface area (Å²) in [6, 6.07) is 15.6. The van der Waals surface area contributed by atoms with Gasteiger partial charge in [0.05, 0.1) is 6.54 Å². The van der Waals surface area contributed by atoms with Crippen molar-refractivity contribution in [2.75, 3.05) is 17.2 Å². The molecule has 1 atom stereocenters. The van der Waals surface area contributed by atoms with Crippen molar-refractivity contribution in [3.63, 3.8) is 0 Å². The van der Waals surface area contributed by atoms with Gasteiger partial charge in [-0.2, -0.15) is 0 Å². The molecule has 2 aromatic rings. The fourth-order valence-electron chi connectivity index (χ4n) is 3.09. The summed E-state index contributed by atoms with van der Waals surface area (Å²) in [5.74, 6) is -1.77. The largest absolute Gasteiger partial charge is 0.383 e. The minimum absolute atomic E-state index is 0.0323. The van der Waals surface area contributed by atoms with Crippen molar-refractivity contribution in [3.8, 4) is 0 Å². The number of nitrogens with one attached hydrogen (secondary N) is 3. The van der Waals surface area contributed by atoms with Gasteiger partial charge in [-0.15, -0.1) is 0 Å². The number of hydrogen-bond acceptors (Lipinski definition) is 4. The van der Waals surface area contributed by atoms with Gasteiger partial charge in [-0.3, -0.25) is 14.4 Å². The maximum Gasteiger partial charge on any atom is 0.313 e. The van der Waals surface area contributed by atoms with Gasteiger partial charge in [0.2, 0.25) is 5.91 Å². The number of aliphatic hydroxyl groups is 1. The maximum atomic E-state index is 12.2. The molecule has 0 aromatic heterocycles. The molecule has 0 saturated heterocycles. The highest BCUT2D eigenvalue weighted by Crippen LogP contribution is 2.45. The second kappa shape index (κ2) is 8.22. The Bertz CT molecular complexity index is 863. The molecular formula is C21H23N3O4. The predicted molar refractivity (Wildman–Crippen MR) is 105 cm³/mol. The lowest BCUT2D eigenvalue weighted by molar-refractivity contribution is -0.137. The smallest absolute Gasteiger partial charge is 0.313 e. The summed E-state index contributed by atoms with van der Waals surface area (Å²) in [5.41, 5.74) is 0.561. The molecule has 2 aromatic carbocycles. The SMILES string of the molecule is CC(=O)Nc1ccc(NC(=O)C(=O)NCC(O)(c2ccccc2)C2CC2)cc1. The Kier molecular flexibility index (Phi) is 5.75. The Labute approximate surface area is 163 Å². The summed E-state index contributed by atoms with van der Waals surface area (Å²) in [7, 11) is 0. The molecule has 1 aliphatic rings. The molecule has 1 saturated carbocycles. The first-order chi connectivity index (χ1) is 13.4. The fourth-order valence-corrected chi connectivity index (χ4v) is 3.09. The molecule has 0 spiro atoms. The van der Waals surface area contributed by atoms with Gasteiger partial charge in [0.15, 0.2) is 0 Å². The van der Waals surface area contributed by atoms with Crippen LogP contribution in [0.1, 0.15) is 25.3 Å². The van der Waals surface area contributed by atoms with Crippen molar-refractivity contribution >= 4 is 29.1 Å². The number of benzene rings is 2. The third-order valence-electron chi connectivity index (χ3n) is 4.71. The summed E-state index contributed by atoms with van der Waals surface area (Å²) < 4.78 is 0. The number of amides is 3. The molecule has 1 fully saturated rings. The highest BCUT2D eigenvalue weighted by Gasteiger charge is 2.45. The van der Waals surface area contributed by atoms with Crippen molar-refractivity contribution in [1.29, 1.82) is 0 Å². The van der Waals surface area contributed by atoms with Gasteiger partial charge in [-0.25, -0.2) is 0 Å². The van der Waals surface area contributed by atoms with E-state index in [0.29, 0.717) is 11.4 Å². The van der Waals surface area contributed by atoms with Gasteiger partial charge < -0.3 is 21.1 Å². The minimum atomic E-state index is -1.18. The van der Waals surface area contributed by atoms with E-state index >= 15 is 0 Å². The maximum absolute atomic E-state index is 12.2. The molecule has 0 radical (unpaired) electrons. The van der Waals surface area contributed by atoms with Gasteiger partial charge in [-0.1, -0.05) is 30.3 Å². The second-order valence-corrected chi connectivity index (χ2v) is 6.96. The van der Waals surface area contributed by atoms with E-state index in [9.17, 15) is 19.5 Å². The van der Waals surface area contributed by atoms with Gasteiger partial charge in [0, 0.05) is 18.3 Å². The van der Waals surface area contributed by atoms with E-state index in [1.165, 1.54) is 6.92 Å². The third kappa shape index (κ3) is 4.75. The standard InChI is InChI=1S/C21H23N3O4/c1-14(25)23-17-9-11-18(12-10-17)24-20(27)19(26)22-13-21(28,16-7-8-16)15-5-3-2-4-6-15/h2-6,9-12,16,28H,7-8,13H2,1H3,(H,22,26)(H,23,25)(H,24,27). The molecule has 1 unspecified atom stereocenters. The van der Waals surface area contributed by atoms with Crippen molar-refractivity contribution < 1.29 is 19.5 Å². The first-order valence-corrected chi connectivity index (χ1v) is 9.13. The summed E-state index contributed by atoms with van der Waals surface area (Å²) in [6.07, 6.45) is 1.77. The van der Waals surface area contributed by atoms with Crippen molar-refractivity contribution in [2.24, 2.45) is 5.92 Å². The van der Waals surface area contributed by atoms with E-state index in [2.05, 4.69) is 16.0 Å². The molecule has 146 valence electrons. The fraction of sp³-hybridized carbons (Fsp3) is 0.286. The lowest BCUT2D eigenvalue weighted by Crippen LogP contribution is -2.45. The topological polar surface area (TPSA) is 108 Å². The van der Waals surface area contributed by atoms with E-state index in [4.69, 9.17) is 0 Å². The summed E-state index contributed by atoms with van der Waals surface area (Å²) >= 11 is 0. The summed E-state index contributed by atoms with van der Waals surface area (Å²) in [4.78, 5) is 35.3. The van der Waals surface area contributed by atoms with E-state index in [-0.39, 0.29) is 18.4 Å². The van der Waals surface area contributed by atoms with Crippen molar-refractivity contribution in [3.05, 3.63) is 60.2 Å². The van der Waals surface area contributed by atoms with Crippen LogP contribution in [0, 0.1) is 5.92 Å². The molecule has 0 aliphatic heterocycles. The van der Waals surface area contributed by atoms with E-state index in [1.807, 2.05) is 30.3 Å². The molecule has 3 amide bonds. The number of hydrogen-bond donors (Lipinski definition) is 4. The van der Waals surface area contributed by atoms with E-state index in [0.717, 1.165) is 18.4 Å². The van der Waals surface area contributed by atoms with Gasteiger partial charge in [-0.05, 0) is 48.6 Å². The monoisotopic (exact) mass is 381 g/mol. The first kappa shape index (κ1) is 19.6. The molecule has 3 rings (SSSR count). The van der Waals surface area contributed by atoms with Crippen LogP contribution in [0.15, 0.2) is 54.6 Å². The van der Waals surface area contributed by atoms with Crippen LogP contribution in [0.4, 0.5) is 11.4 Å². The van der Waals surface area contributed by atoms with Crippen LogP contribution in [0.2, 0.25) is 0 Å². The first-order valence-electron chi connectivity index (χ1n) is 9.13. The lowest BCUT2D eigenvalue weighted by Gasteiger charge is -2.29. The van der Waals surface area contributed by atoms with Crippen molar-refractivity contribution in [1.82, 2.24) is 5.32 Å². The van der Waals surface area contributed by atoms with Crippen LogP contribution >= 0.6 is 0 Å². The molecule has 7 heteroatoms. The van der Waals surface area contributed by atoms with Crippen molar-refractivity contribution in [2.45, 2.75) is 25.4 Å². The Morgan fingerprint density at radius 3 is 2.04 bits per heavy atom. The quantitative estimate of drug-likeness (QED) is 0.574. The van der Waals surface area contributed by atoms with Gasteiger partial charge in [0.25, 0.3) is 0 Å². The Morgan fingerprint density at radius 1 is 0.929 bits per heavy atom. The van der Waals surface area contributed by atoms with Crippen LogP contribution in [0.25, 0.3) is 0 Å². The Morgan fingerprint density at radius 2 is 1.50 bits per heavy atom. The van der Waals surface area contributed by atoms with Crippen LogP contribution in [0.5, 0.6) is 0 Å². The number of carbonyl (C=O) groups excluding carboxylic acids is 3.